The van der Waals surface area contributed by atoms with Gasteiger partial charge in [-0.2, -0.15) is 0 Å². The van der Waals surface area contributed by atoms with Gasteiger partial charge in [0.25, 0.3) is 5.91 Å². The lowest BCUT2D eigenvalue weighted by atomic mass is 10.2. The first-order valence-corrected chi connectivity index (χ1v) is 11.4. The van der Waals surface area contributed by atoms with E-state index < -0.39 is 0 Å². The molecule has 5 rings (SSSR count). The fourth-order valence-electron chi connectivity index (χ4n) is 3.53. The lowest BCUT2D eigenvalue weighted by Crippen LogP contribution is -2.29. The summed E-state index contributed by atoms with van der Waals surface area (Å²) in [6.45, 7) is 1.99. The molecular weight excluding hydrogens is 426 g/mol. The highest BCUT2D eigenvalue weighted by atomic mass is 32.2. The SMILES string of the molecule is Cc1cccc(N2C(=O)C(=C3Sc4ccccc4N3C)SC2=Nc2ccccc2O)c1. The van der Waals surface area contributed by atoms with Crippen molar-refractivity contribution >= 4 is 51.7 Å². The lowest BCUT2D eigenvalue weighted by Gasteiger charge is -2.17. The molecule has 0 aromatic heterocycles. The van der Waals surface area contributed by atoms with Gasteiger partial charge >= 0.3 is 0 Å². The summed E-state index contributed by atoms with van der Waals surface area (Å²) >= 11 is 2.93. The number of carbonyl (C=O) groups is 1. The Morgan fingerprint density at radius 1 is 0.935 bits per heavy atom. The summed E-state index contributed by atoms with van der Waals surface area (Å²) in [7, 11) is 1.98. The minimum absolute atomic E-state index is 0.0770. The molecule has 5 nitrogen and oxygen atoms in total. The molecule has 2 aliphatic heterocycles. The van der Waals surface area contributed by atoms with E-state index in [-0.39, 0.29) is 11.7 Å². The van der Waals surface area contributed by atoms with Crippen molar-refractivity contribution in [1.29, 1.82) is 0 Å². The Balaban J connectivity index is 1.64. The number of aliphatic imine (C=N–C) groups is 1. The maximum atomic E-state index is 13.7. The highest BCUT2D eigenvalue weighted by Crippen LogP contribution is 2.50. The van der Waals surface area contributed by atoms with E-state index in [2.05, 4.69) is 22.0 Å². The summed E-state index contributed by atoms with van der Waals surface area (Å²) in [5.74, 6) is -0.0416. The van der Waals surface area contributed by atoms with Gasteiger partial charge in [0, 0.05) is 11.9 Å². The summed E-state index contributed by atoms with van der Waals surface area (Å²) in [5, 5.41) is 11.6. The first kappa shape index (κ1) is 19.8. The monoisotopic (exact) mass is 445 g/mol. The number of carbonyl (C=O) groups excluding carboxylic acids is 1. The molecule has 2 heterocycles. The molecule has 1 fully saturated rings. The molecule has 0 atom stereocenters. The number of phenolic OH excluding ortho intramolecular Hbond substituents is 1. The zero-order valence-electron chi connectivity index (χ0n) is 16.9. The number of aryl methyl sites for hydroxylation is 1. The Morgan fingerprint density at radius 3 is 2.48 bits per heavy atom. The van der Waals surface area contributed by atoms with E-state index in [1.54, 1.807) is 34.9 Å². The zero-order chi connectivity index (χ0) is 21.5. The van der Waals surface area contributed by atoms with Crippen LogP contribution in [0.15, 0.2) is 92.6 Å². The van der Waals surface area contributed by atoms with E-state index in [0.29, 0.717) is 15.8 Å². The van der Waals surface area contributed by atoms with Crippen LogP contribution >= 0.6 is 23.5 Å². The third-order valence-electron chi connectivity index (χ3n) is 5.07. The van der Waals surface area contributed by atoms with Gasteiger partial charge in [0.05, 0.1) is 16.4 Å². The molecule has 0 bridgehead atoms. The van der Waals surface area contributed by atoms with E-state index >= 15 is 0 Å². The van der Waals surface area contributed by atoms with Crippen molar-refractivity contribution in [3.05, 3.63) is 88.3 Å². The highest BCUT2D eigenvalue weighted by Gasteiger charge is 2.40. The van der Waals surface area contributed by atoms with Crippen molar-refractivity contribution in [2.24, 2.45) is 4.99 Å². The number of amidine groups is 1. The summed E-state index contributed by atoms with van der Waals surface area (Å²) in [4.78, 5) is 23.7. The quantitative estimate of drug-likeness (QED) is 0.499. The predicted octanol–water partition coefficient (Wildman–Crippen LogP) is 5.88. The van der Waals surface area contributed by atoms with Crippen molar-refractivity contribution in [3.63, 3.8) is 0 Å². The number of thioether (sulfide) groups is 2. The number of rotatable bonds is 2. The molecule has 0 aliphatic carbocycles. The Hall–Kier alpha value is -3.16. The van der Waals surface area contributed by atoms with Crippen LogP contribution in [0, 0.1) is 6.92 Å². The Bertz CT molecular complexity index is 1270. The number of anilines is 2. The number of amides is 1. The number of phenols is 1. The number of benzene rings is 3. The van der Waals surface area contributed by atoms with Crippen LogP contribution < -0.4 is 9.80 Å². The molecule has 31 heavy (non-hydrogen) atoms. The van der Waals surface area contributed by atoms with Crippen LogP contribution in [0.25, 0.3) is 0 Å². The maximum Gasteiger partial charge on any atom is 0.274 e. The number of para-hydroxylation sites is 3. The molecule has 0 unspecified atom stereocenters. The number of fused-ring (bicyclic) bond motifs is 1. The molecule has 1 saturated heterocycles. The van der Waals surface area contributed by atoms with E-state index in [1.165, 1.54) is 11.8 Å². The van der Waals surface area contributed by atoms with Gasteiger partial charge in [0.2, 0.25) is 0 Å². The number of hydrogen-bond acceptors (Lipinski definition) is 6. The van der Waals surface area contributed by atoms with Gasteiger partial charge in [-0.3, -0.25) is 9.69 Å². The molecule has 3 aromatic rings. The molecule has 3 aromatic carbocycles. The van der Waals surface area contributed by atoms with Crippen molar-refractivity contribution in [2.75, 3.05) is 16.8 Å². The van der Waals surface area contributed by atoms with Crippen LogP contribution in [0.3, 0.4) is 0 Å². The van der Waals surface area contributed by atoms with E-state index in [4.69, 9.17) is 0 Å². The topological polar surface area (TPSA) is 56.1 Å². The summed E-state index contributed by atoms with van der Waals surface area (Å²) in [5.41, 5.74) is 3.32. The van der Waals surface area contributed by atoms with Gasteiger partial charge in [-0.1, -0.05) is 48.2 Å². The van der Waals surface area contributed by atoms with Crippen LogP contribution in [0.5, 0.6) is 5.75 Å². The van der Waals surface area contributed by atoms with Gasteiger partial charge in [0.1, 0.15) is 16.3 Å². The molecule has 0 radical (unpaired) electrons. The third kappa shape index (κ3) is 3.49. The standard InChI is InChI=1S/C24H19N3O2S2/c1-15-8-7-9-16(14-15)27-22(29)21(23-26(2)18-11-4-6-13-20(18)30-23)31-24(27)25-17-10-3-5-12-19(17)28/h3-14,28H,1-2H3. The van der Waals surface area contributed by atoms with Crippen molar-refractivity contribution in [1.82, 2.24) is 0 Å². The maximum absolute atomic E-state index is 13.7. The first-order valence-electron chi connectivity index (χ1n) is 9.73. The van der Waals surface area contributed by atoms with Gasteiger partial charge in [-0.05, 0) is 60.6 Å². The first-order chi connectivity index (χ1) is 15.0. The molecule has 1 amide bonds. The fraction of sp³-hybridized carbons (Fsp3) is 0.0833. The van der Waals surface area contributed by atoms with E-state index in [9.17, 15) is 9.90 Å². The fourth-order valence-corrected chi connectivity index (χ4v) is 5.87. The largest absolute Gasteiger partial charge is 0.506 e. The molecule has 1 N–H and O–H groups in total. The molecular formula is C24H19N3O2S2. The third-order valence-corrected chi connectivity index (χ3v) is 7.47. The van der Waals surface area contributed by atoms with E-state index in [0.717, 1.165) is 26.9 Å². The van der Waals surface area contributed by atoms with Crippen molar-refractivity contribution in [2.45, 2.75) is 11.8 Å². The molecule has 0 spiro atoms. The molecule has 0 saturated carbocycles. The van der Waals surface area contributed by atoms with Crippen LogP contribution in [0.2, 0.25) is 0 Å². The summed E-state index contributed by atoms with van der Waals surface area (Å²) in [6.07, 6.45) is 0. The Morgan fingerprint density at radius 2 is 1.71 bits per heavy atom. The lowest BCUT2D eigenvalue weighted by molar-refractivity contribution is -0.113. The van der Waals surface area contributed by atoms with Crippen molar-refractivity contribution < 1.29 is 9.90 Å². The number of nitrogens with zero attached hydrogens (tertiary/aromatic N) is 3. The average Bonchev–Trinajstić information content (AvgIpc) is 3.26. The average molecular weight is 446 g/mol. The van der Waals surface area contributed by atoms with E-state index in [1.807, 2.05) is 56.4 Å². The number of aromatic hydroxyl groups is 1. The molecule has 7 heteroatoms. The minimum atomic E-state index is -0.119. The molecule has 154 valence electrons. The van der Waals surface area contributed by atoms with Gasteiger partial charge in [-0.15, -0.1) is 0 Å². The summed E-state index contributed by atoms with van der Waals surface area (Å²) in [6, 6.07) is 22.8. The second-order valence-electron chi connectivity index (χ2n) is 7.23. The Kier molecular flexibility index (Phi) is 5.00. The normalized spacial score (nSPS) is 19.4. The summed E-state index contributed by atoms with van der Waals surface area (Å²) < 4.78 is 0. The highest BCUT2D eigenvalue weighted by molar-refractivity contribution is 8.20. The smallest absolute Gasteiger partial charge is 0.274 e. The van der Waals surface area contributed by atoms with Crippen molar-refractivity contribution in [3.8, 4) is 5.75 Å². The Labute approximate surface area is 189 Å². The van der Waals surface area contributed by atoms with Crippen LogP contribution in [0.1, 0.15) is 5.56 Å². The number of hydrogen-bond donors (Lipinski definition) is 1. The predicted molar refractivity (Wildman–Crippen MR) is 129 cm³/mol. The molecule has 2 aliphatic rings. The van der Waals surface area contributed by atoms with Gasteiger partial charge in [0.15, 0.2) is 5.17 Å². The minimum Gasteiger partial charge on any atom is -0.506 e. The van der Waals surface area contributed by atoms with Gasteiger partial charge < -0.3 is 10.0 Å². The zero-order valence-corrected chi connectivity index (χ0v) is 18.6. The van der Waals surface area contributed by atoms with Gasteiger partial charge in [-0.25, -0.2) is 4.99 Å². The van der Waals surface area contributed by atoms with Crippen LogP contribution in [-0.2, 0) is 4.79 Å². The second kappa shape index (κ2) is 7.83. The van der Waals surface area contributed by atoms with Crippen LogP contribution in [0.4, 0.5) is 17.1 Å². The van der Waals surface area contributed by atoms with Crippen LogP contribution in [-0.4, -0.2) is 23.2 Å². The second-order valence-corrected chi connectivity index (χ2v) is 9.24.